The van der Waals surface area contributed by atoms with Crippen LogP contribution in [0.1, 0.15) is 0 Å². The van der Waals surface area contributed by atoms with E-state index in [0.717, 1.165) is 5.75 Å². The van der Waals surface area contributed by atoms with Crippen LogP contribution in [0.5, 0.6) is 0 Å². The number of carbonyl (C=O) groups excluding carboxylic acids is 1. The fourth-order valence-electron chi connectivity index (χ4n) is 1.38. The molecular formula is C6H9N2OSY-. The van der Waals surface area contributed by atoms with E-state index in [1.165, 1.54) is 0 Å². The van der Waals surface area contributed by atoms with E-state index in [9.17, 15) is 4.79 Å². The summed E-state index contributed by atoms with van der Waals surface area (Å²) < 4.78 is 0. The zero-order chi connectivity index (χ0) is 7.14. The molecule has 2 aliphatic rings. The van der Waals surface area contributed by atoms with Crippen molar-refractivity contribution in [1.82, 2.24) is 10.6 Å². The zero-order valence-electron chi connectivity index (χ0n) is 6.04. The van der Waals surface area contributed by atoms with Gasteiger partial charge < -0.3 is 17.6 Å². The molecule has 2 fully saturated rings. The Bertz CT molecular complexity index is 178. The van der Waals surface area contributed by atoms with Gasteiger partial charge in [0, 0.05) is 44.5 Å². The normalized spacial score (nSPS) is 40.5. The third kappa shape index (κ3) is 1.73. The average Bonchev–Trinajstić information content (AvgIpc) is 2.35. The van der Waals surface area contributed by atoms with Crippen LogP contribution in [0.25, 0.3) is 0 Å². The van der Waals surface area contributed by atoms with Crippen LogP contribution in [0, 0.1) is 6.92 Å². The molecule has 5 heteroatoms. The maximum atomic E-state index is 10.7. The SMILES string of the molecule is [CH2-]C1SCC2NC(=O)NC21.[Y]. The molecule has 0 bridgehead atoms. The van der Waals surface area contributed by atoms with Gasteiger partial charge in [0.2, 0.25) is 0 Å². The maximum Gasteiger partial charge on any atom is 0.315 e. The van der Waals surface area contributed by atoms with Gasteiger partial charge in [-0.2, -0.15) is 11.8 Å². The minimum atomic E-state index is -0.0380. The van der Waals surface area contributed by atoms with Gasteiger partial charge in [0.1, 0.15) is 0 Å². The van der Waals surface area contributed by atoms with Crippen LogP contribution in [0.4, 0.5) is 4.79 Å². The van der Waals surface area contributed by atoms with Crippen molar-refractivity contribution in [1.29, 1.82) is 0 Å². The second kappa shape index (κ2) is 3.63. The van der Waals surface area contributed by atoms with Crippen molar-refractivity contribution in [2.45, 2.75) is 17.3 Å². The molecule has 0 spiro atoms. The first-order valence-corrected chi connectivity index (χ1v) is 4.34. The quantitative estimate of drug-likeness (QED) is 0.466. The van der Waals surface area contributed by atoms with Crippen LogP contribution in [0.3, 0.4) is 0 Å². The predicted molar refractivity (Wildman–Crippen MR) is 40.8 cm³/mol. The number of carbonyl (C=O) groups is 1. The van der Waals surface area contributed by atoms with Crippen molar-refractivity contribution in [3.05, 3.63) is 6.92 Å². The van der Waals surface area contributed by atoms with Crippen LogP contribution in [-0.2, 0) is 32.7 Å². The number of hydrogen-bond donors (Lipinski definition) is 2. The number of urea groups is 1. The zero-order valence-corrected chi connectivity index (χ0v) is 9.69. The van der Waals surface area contributed by atoms with Crippen LogP contribution < -0.4 is 10.6 Å². The first-order valence-electron chi connectivity index (χ1n) is 3.29. The van der Waals surface area contributed by atoms with E-state index in [4.69, 9.17) is 0 Å². The molecule has 0 aromatic heterocycles. The Morgan fingerprint density at radius 3 is 2.91 bits per heavy atom. The molecule has 3 unspecified atom stereocenters. The van der Waals surface area contributed by atoms with Crippen LogP contribution in [-0.4, -0.2) is 29.1 Å². The molecular weight excluding hydrogens is 237 g/mol. The Labute approximate surface area is 95.3 Å². The maximum absolute atomic E-state index is 10.7. The minimum Gasteiger partial charge on any atom is -0.335 e. The van der Waals surface area contributed by atoms with Crippen molar-refractivity contribution in [3.63, 3.8) is 0 Å². The minimum absolute atomic E-state index is 0. The summed E-state index contributed by atoms with van der Waals surface area (Å²) in [4.78, 5) is 10.7. The summed E-state index contributed by atoms with van der Waals surface area (Å²) in [6, 6.07) is 0.543. The van der Waals surface area contributed by atoms with Crippen LogP contribution in [0.2, 0.25) is 0 Å². The first kappa shape index (κ1) is 9.81. The summed E-state index contributed by atoms with van der Waals surface area (Å²) in [5, 5.41) is 5.99. The smallest absolute Gasteiger partial charge is 0.315 e. The topological polar surface area (TPSA) is 41.1 Å². The molecule has 2 amide bonds. The van der Waals surface area contributed by atoms with Crippen molar-refractivity contribution in [2.75, 3.05) is 5.75 Å². The second-order valence-electron chi connectivity index (χ2n) is 2.62. The van der Waals surface area contributed by atoms with Crippen molar-refractivity contribution < 1.29 is 37.5 Å². The van der Waals surface area contributed by atoms with Crippen molar-refractivity contribution in [2.24, 2.45) is 0 Å². The molecule has 0 aromatic carbocycles. The Morgan fingerprint density at radius 1 is 1.55 bits per heavy atom. The standard InChI is InChI=1S/C6H9N2OS.Y/c1-3-5-4(2-10-3)7-6(9)8-5;/h3-5H,1-2H2,(H2,7,8,9);/q-1;. The molecule has 59 valence electrons. The molecule has 11 heavy (non-hydrogen) atoms. The van der Waals surface area contributed by atoms with Gasteiger partial charge in [0.15, 0.2) is 0 Å². The Kier molecular flexibility index (Phi) is 3.23. The van der Waals surface area contributed by atoms with Gasteiger partial charge in [0.05, 0.1) is 6.04 Å². The monoisotopic (exact) mass is 246 g/mol. The summed E-state index contributed by atoms with van der Waals surface area (Å²) in [6.45, 7) is 3.92. The van der Waals surface area contributed by atoms with E-state index in [0.29, 0.717) is 11.3 Å². The summed E-state index contributed by atoms with van der Waals surface area (Å²) in [5.74, 6) is 0.998. The predicted octanol–water partition coefficient (Wildman–Crippen LogP) is -0.0166. The molecule has 2 heterocycles. The molecule has 2 saturated heterocycles. The van der Waals surface area contributed by atoms with E-state index < -0.39 is 0 Å². The van der Waals surface area contributed by atoms with E-state index in [2.05, 4.69) is 17.6 Å². The van der Waals surface area contributed by atoms with E-state index in [1.54, 1.807) is 11.8 Å². The van der Waals surface area contributed by atoms with Gasteiger partial charge in [-0.25, -0.2) is 4.79 Å². The summed E-state index contributed by atoms with van der Waals surface area (Å²) in [6.07, 6.45) is 0. The van der Waals surface area contributed by atoms with Crippen molar-refractivity contribution in [3.8, 4) is 0 Å². The number of nitrogens with one attached hydrogen (secondary N) is 2. The van der Waals surface area contributed by atoms with E-state index in [-0.39, 0.29) is 44.8 Å². The number of rotatable bonds is 0. The van der Waals surface area contributed by atoms with Gasteiger partial charge in [0.25, 0.3) is 0 Å². The molecule has 3 atom stereocenters. The van der Waals surface area contributed by atoms with Crippen LogP contribution in [0.15, 0.2) is 0 Å². The average molecular weight is 246 g/mol. The summed E-state index contributed by atoms with van der Waals surface area (Å²) in [7, 11) is 0. The second-order valence-corrected chi connectivity index (χ2v) is 3.89. The summed E-state index contributed by atoms with van der Waals surface area (Å²) in [5.41, 5.74) is 0. The van der Waals surface area contributed by atoms with E-state index in [1.807, 2.05) is 0 Å². The van der Waals surface area contributed by atoms with Crippen LogP contribution >= 0.6 is 11.8 Å². The Morgan fingerprint density at radius 2 is 2.27 bits per heavy atom. The third-order valence-electron chi connectivity index (χ3n) is 1.94. The number of thioether (sulfide) groups is 1. The van der Waals surface area contributed by atoms with E-state index >= 15 is 0 Å². The van der Waals surface area contributed by atoms with Gasteiger partial charge in [-0.1, -0.05) is 5.25 Å². The molecule has 3 nitrogen and oxygen atoms in total. The molecule has 0 aromatic rings. The molecule has 0 aliphatic carbocycles. The third-order valence-corrected chi connectivity index (χ3v) is 3.21. The number of fused-ring (bicyclic) bond motifs is 1. The summed E-state index contributed by atoms with van der Waals surface area (Å²) >= 11 is 1.80. The van der Waals surface area contributed by atoms with Gasteiger partial charge in [-0.15, -0.1) is 0 Å². The number of hydrogen-bond acceptors (Lipinski definition) is 2. The molecule has 2 N–H and O–H groups in total. The largest absolute Gasteiger partial charge is 0.335 e. The Balaban J connectivity index is 0.000000605. The van der Waals surface area contributed by atoms with Gasteiger partial charge >= 0.3 is 6.03 Å². The van der Waals surface area contributed by atoms with Crippen molar-refractivity contribution >= 4 is 17.8 Å². The first-order chi connectivity index (χ1) is 4.77. The molecule has 2 aliphatic heterocycles. The molecule has 0 saturated carbocycles. The fraction of sp³-hybridized carbons (Fsp3) is 0.667. The number of amides is 2. The molecule has 2 rings (SSSR count). The van der Waals surface area contributed by atoms with Gasteiger partial charge in [-0.3, -0.25) is 0 Å². The Hall–Kier alpha value is 0.724. The van der Waals surface area contributed by atoms with Gasteiger partial charge in [-0.05, 0) is 0 Å². The molecule has 1 radical (unpaired) electrons. The fourth-order valence-corrected chi connectivity index (χ4v) is 2.59.